The Morgan fingerprint density at radius 2 is 1.65 bits per heavy atom. The van der Waals surface area contributed by atoms with Gasteiger partial charge in [0.25, 0.3) is 0 Å². The van der Waals surface area contributed by atoms with Gasteiger partial charge in [0.1, 0.15) is 0 Å². The van der Waals surface area contributed by atoms with Crippen LogP contribution in [-0.4, -0.2) is 51.2 Å². The first-order chi connectivity index (χ1) is 7.85. The van der Waals surface area contributed by atoms with E-state index in [0.29, 0.717) is 0 Å². The van der Waals surface area contributed by atoms with E-state index in [-0.39, 0.29) is 17.3 Å². The molecule has 0 aliphatic carbocycles. The van der Waals surface area contributed by atoms with Crippen LogP contribution in [0.5, 0.6) is 0 Å². The Bertz CT molecular complexity index is 483. The second kappa shape index (κ2) is 5.29. The first kappa shape index (κ1) is 13.7. The molecule has 0 saturated heterocycles. The van der Waals surface area contributed by atoms with E-state index in [4.69, 9.17) is 0 Å². The van der Waals surface area contributed by atoms with Gasteiger partial charge in [-0.2, -0.15) is 4.31 Å². The summed E-state index contributed by atoms with van der Waals surface area (Å²) in [7, 11) is 0.988. The van der Waals surface area contributed by atoms with Crippen LogP contribution >= 0.6 is 0 Å². The van der Waals surface area contributed by atoms with Gasteiger partial charge in [0.15, 0.2) is 0 Å². The van der Waals surface area contributed by atoms with Crippen molar-refractivity contribution in [3.8, 4) is 0 Å². The molecular formula is C11H16N2O3S. The summed E-state index contributed by atoms with van der Waals surface area (Å²) < 4.78 is 25.1. The number of benzene rings is 1. The fourth-order valence-corrected chi connectivity index (χ4v) is 2.33. The Morgan fingerprint density at radius 3 is 2.12 bits per heavy atom. The van der Waals surface area contributed by atoms with Crippen LogP contribution in [0, 0.1) is 0 Å². The van der Waals surface area contributed by atoms with Gasteiger partial charge >= 0.3 is 0 Å². The Labute approximate surface area is 102 Å². The van der Waals surface area contributed by atoms with Crippen LogP contribution in [0.25, 0.3) is 0 Å². The molecule has 0 atom stereocenters. The predicted octanol–water partition coefficient (Wildman–Crippen LogP) is 0.395. The molecule has 0 bridgehead atoms. The summed E-state index contributed by atoms with van der Waals surface area (Å²) in [6, 6.07) is 8.05. The lowest BCUT2D eigenvalue weighted by Crippen LogP contribution is -2.37. The highest BCUT2D eigenvalue weighted by atomic mass is 32.2. The van der Waals surface area contributed by atoms with Crippen molar-refractivity contribution in [2.45, 2.75) is 4.90 Å². The van der Waals surface area contributed by atoms with E-state index in [1.165, 1.54) is 24.1 Å². The molecule has 0 heterocycles. The quantitative estimate of drug-likeness (QED) is 0.783. The zero-order valence-electron chi connectivity index (χ0n) is 10.1. The topological polar surface area (TPSA) is 57.7 Å². The molecule has 1 amide bonds. The van der Waals surface area contributed by atoms with Crippen molar-refractivity contribution >= 4 is 15.9 Å². The minimum absolute atomic E-state index is 0.162. The number of hydrogen-bond donors (Lipinski definition) is 0. The van der Waals surface area contributed by atoms with Crippen molar-refractivity contribution in [2.24, 2.45) is 0 Å². The van der Waals surface area contributed by atoms with Crippen molar-refractivity contribution < 1.29 is 13.2 Å². The molecule has 1 rings (SSSR count). The Kier molecular flexibility index (Phi) is 4.25. The molecule has 17 heavy (non-hydrogen) atoms. The second-order valence-electron chi connectivity index (χ2n) is 3.86. The minimum atomic E-state index is -3.58. The Hall–Kier alpha value is -1.40. The zero-order chi connectivity index (χ0) is 13.1. The van der Waals surface area contributed by atoms with Crippen LogP contribution in [0.1, 0.15) is 0 Å². The third-order valence-electron chi connectivity index (χ3n) is 2.31. The van der Waals surface area contributed by atoms with Gasteiger partial charge in [0.2, 0.25) is 15.9 Å². The molecule has 0 aliphatic rings. The molecule has 94 valence electrons. The van der Waals surface area contributed by atoms with Gasteiger partial charge in [-0.1, -0.05) is 18.2 Å². The SMILES string of the molecule is CN(C)C(=O)CN(C)S(=O)(=O)c1ccccc1. The van der Waals surface area contributed by atoms with E-state index in [9.17, 15) is 13.2 Å². The number of carbonyl (C=O) groups excluding carboxylic acids is 1. The largest absolute Gasteiger partial charge is 0.348 e. The van der Waals surface area contributed by atoms with Gasteiger partial charge in [-0.05, 0) is 12.1 Å². The van der Waals surface area contributed by atoms with E-state index >= 15 is 0 Å². The molecule has 0 fully saturated rings. The van der Waals surface area contributed by atoms with Crippen LogP contribution in [0.4, 0.5) is 0 Å². The van der Waals surface area contributed by atoms with Crippen molar-refractivity contribution in [3.05, 3.63) is 30.3 Å². The first-order valence-corrected chi connectivity index (χ1v) is 6.51. The molecule has 6 heteroatoms. The van der Waals surface area contributed by atoms with Gasteiger partial charge in [0, 0.05) is 21.1 Å². The number of sulfonamides is 1. The third-order valence-corrected chi connectivity index (χ3v) is 4.13. The highest BCUT2D eigenvalue weighted by Gasteiger charge is 2.22. The molecule has 0 unspecified atom stereocenters. The molecular weight excluding hydrogens is 240 g/mol. The average Bonchev–Trinajstić information content (AvgIpc) is 2.29. The normalized spacial score (nSPS) is 11.5. The molecule has 1 aromatic carbocycles. The number of likely N-dealkylation sites (N-methyl/N-ethyl adjacent to an activating group) is 2. The van der Waals surface area contributed by atoms with E-state index in [1.807, 2.05) is 0 Å². The highest BCUT2D eigenvalue weighted by Crippen LogP contribution is 2.13. The van der Waals surface area contributed by atoms with E-state index in [0.717, 1.165) is 4.31 Å². The minimum Gasteiger partial charge on any atom is -0.348 e. The van der Waals surface area contributed by atoms with Crippen LogP contribution < -0.4 is 0 Å². The Morgan fingerprint density at radius 1 is 1.12 bits per heavy atom. The first-order valence-electron chi connectivity index (χ1n) is 5.07. The molecule has 5 nitrogen and oxygen atoms in total. The number of carbonyl (C=O) groups is 1. The maximum atomic E-state index is 12.0. The van der Waals surface area contributed by atoms with Gasteiger partial charge in [0.05, 0.1) is 11.4 Å². The summed E-state index contributed by atoms with van der Waals surface area (Å²) in [4.78, 5) is 13.0. The maximum absolute atomic E-state index is 12.0. The molecule has 0 aromatic heterocycles. The van der Waals surface area contributed by atoms with Crippen molar-refractivity contribution in [3.63, 3.8) is 0 Å². The summed E-state index contributed by atoms with van der Waals surface area (Å²) >= 11 is 0. The van der Waals surface area contributed by atoms with Crippen LogP contribution in [0.3, 0.4) is 0 Å². The zero-order valence-corrected chi connectivity index (χ0v) is 10.9. The fourth-order valence-electron chi connectivity index (χ4n) is 1.19. The Balaban J connectivity index is 2.89. The number of hydrogen-bond acceptors (Lipinski definition) is 3. The molecule has 0 aliphatic heterocycles. The molecule has 0 saturated carbocycles. The van der Waals surface area contributed by atoms with Gasteiger partial charge in [-0.25, -0.2) is 8.42 Å². The van der Waals surface area contributed by atoms with Gasteiger partial charge in [-0.15, -0.1) is 0 Å². The predicted molar refractivity (Wildman–Crippen MR) is 65.0 cm³/mol. The van der Waals surface area contributed by atoms with Crippen LogP contribution in [0.2, 0.25) is 0 Å². The maximum Gasteiger partial charge on any atom is 0.243 e. The van der Waals surface area contributed by atoms with E-state index < -0.39 is 10.0 Å². The standard InChI is InChI=1S/C11H16N2O3S/c1-12(2)11(14)9-13(3)17(15,16)10-7-5-4-6-8-10/h4-8H,9H2,1-3H3. The number of rotatable bonds is 4. The molecule has 0 radical (unpaired) electrons. The summed E-state index contributed by atoms with van der Waals surface area (Å²) in [5.41, 5.74) is 0. The van der Waals surface area contributed by atoms with Gasteiger partial charge in [-0.3, -0.25) is 4.79 Å². The molecule has 0 spiro atoms. The number of nitrogens with zero attached hydrogens (tertiary/aromatic N) is 2. The molecule has 0 N–H and O–H groups in total. The van der Waals surface area contributed by atoms with Crippen molar-refractivity contribution in [2.75, 3.05) is 27.7 Å². The van der Waals surface area contributed by atoms with Crippen LogP contribution in [-0.2, 0) is 14.8 Å². The number of amides is 1. The lowest BCUT2D eigenvalue weighted by atomic mass is 10.4. The lowest BCUT2D eigenvalue weighted by Gasteiger charge is -2.18. The smallest absolute Gasteiger partial charge is 0.243 e. The van der Waals surface area contributed by atoms with E-state index in [2.05, 4.69) is 0 Å². The second-order valence-corrected chi connectivity index (χ2v) is 5.91. The highest BCUT2D eigenvalue weighted by molar-refractivity contribution is 7.89. The van der Waals surface area contributed by atoms with Crippen molar-refractivity contribution in [1.29, 1.82) is 0 Å². The summed E-state index contributed by atoms with van der Waals surface area (Å²) in [5.74, 6) is -0.257. The summed E-state index contributed by atoms with van der Waals surface area (Å²) in [6.45, 7) is -0.162. The monoisotopic (exact) mass is 256 g/mol. The third kappa shape index (κ3) is 3.28. The summed E-state index contributed by atoms with van der Waals surface area (Å²) in [6.07, 6.45) is 0. The average molecular weight is 256 g/mol. The molecule has 1 aromatic rings. The summed E-state index contributed by atoms with van der Waals surface area (Å²) in [5, 5.41) is 0. The fraction of sp³-hybridized carbons (Fsp3) is 0.364. The lowest BCUT2D eigenvalue weighted by molar-refractivity contribution is -0.128. The van der Waals surface area contributed by atoms with Crippen molar-refractivity contribution in [1.82, 2.24) is 9.21 Å². The van der Waals surface area contributed by atoms with Crippen LogP contribution in [0.15, 0.2) is 35.2 Å². The van der Waals surface area contributed by atoms with Gasteiger partial charge < -0.3 is 4.90 Å². The van der Waals surface area contributed by atoms with E-state index in [1.54, 1.807) is 32.3 Å².